The first-order valence-corrected chi connectivity index (χ1v) is 18.1. The third-order valence-electron chi connectivity index (χ3n) is 8.91. The third-order valence-corrected chi connectivity index (χ3v) is 11.9. The number of piperazine rings is 1. The number of piperidine rings is 1. The van der Waals surface area contributed by atoms with Gasteiger partial charge >= 0.3 is 275 Å². The van der Waals surface area contributed by atoms with Gasteiger partial charge in [0.05, 0.1) is 0 Å². The van der Waals surface area contributed by atoms with Gasteiger partial charge in [-0.1, -0.05) is 0 Å². The molecule has 1 N–H and O–H groups in total. The Morgan fingerprint density at radius 3 is 2.52 bits per heavy atom. The number of likely N-dealkylation sites (N-methyl/N-ethyl adjacent to an activating group) is 1. The molecule has 2 aromatic rings. The number of likely N-dealkylation sites (tertiary alicyclic amines) is 2. The summed E-state index contributed by atoms with van der Waals surface area (Å²) in [7, 11) is 2.08. The zero-order valence-electron chi connectivity index (χ0n) is 26.4. The first kappa shape index (κ1) is 33.7. The number of rotatable bonds is 11. The van der Waals surface area contributed by atoms with Crippen molar-refractivity contribution in [2.45, 2.75) is 43.4 Å². The molecule has 1 aromatic heterocycles. The zero-order chi connectivity index (χ0) is 32.8. The Kier molecular flexibility index (Phi) is 11.2. The number of carbonyl (C=O) groups is 5. The summed E-state index contributed by atoms with van der Waals surface area (Å²) in [6, 6.07) is 8.94. The van der Waals surface area contributed by atoms with Crippen molar-refractivity contribution in [2.75, 3.05) is 66.1 Å². The summed E-state index contributed by atoms with van der Waals surface area (Å²) in [5, 5.41) is 10.0. The number of pyridine rings is 1. The number of carbonyl (C=O) groups excluding carboxylic acids is 4. The van der Waals surface area contributed by atoms with E-state index in [9.17, 15) is 29.1 Å². The van der Waals surface area contributed by atoms with Crippen LogP contribution in [-0.4, -0.2) is 146 Å². The maximum atomic E-state index is 13.7. The van der Waals surface area contributed by atoms with Crippen LogP contribution in [-0.2, 0) is 19.1 Å². The number of benzene rings is 1. The molecule has 3 saturated heterocycles. The van der Waals surface area contributed by atoms with Crippen molar-refractivity contribution in [3.05, 3.63) is 36.0 Å². The molecule has 46 heavy (non-hydrogen) atoms. The third kappa shape index (κ3) is 7.98. The molecule has 5 rings (SSSR count). The number of aromatic nitrogens is 1. The number of aliphatic carboxylic acids is 1. The van der Waals surface area contributed by atoms with Crippen LogP contribution in [0.2, 0.25) is 4.71 Å². The van der Waals surface area contributed by atoms with Gasteiger partial charge in [-0.2, -0.15) is 0 Å². The van der Waals surface area contributed by atoms with Crippen LogP contribution in [0, 0.1) is 5.92 Å². The van der Waals surface area contributed by atoms with E-state index >= 15 is 0 Å². The second kappa shape index (κ2) is 15.3. The van der Waals surface area contributed by atoms with Crippen molar-refractivity contribution < 1.29 is 38.6 Å². The number of carboxylic acid groups (broad SMARTS) is 1. The van der Waals surface area contributed by atoms with Crippen LogP contribution in [0.1, 0.15) is 43.1 Å². The number of carboxylic acids is 1. The van der Waals surface area contributed by atoms with Gasteiger partial charge in [0.1, 0.15) is 0 Å². The Labute approximate surface area is 274 Å². The molecule has 0 radical (unpaired) electrons. The fourth-order valence-corrected chi connectivity index (χ4v) is 9.10. The predicted molar refractivity (Wildman–Crippen MR) is 170 cm³/mol. The molecule has 4 atom stereocenters. The summed E-state index contributed by atoms with van der Waals surface area (Å²) in [4.78, 5) is 76.0. The van der Waals surface area contributed by atoms with E-state index in [1.54, 1.807) is 30.0 Å². The number of hydrogen-bond acceptors (Lipinski definition) is 9. The minimum absolute atomic E-state index is 0.0383. The Bertz CT molecular complexity index is 1470. The van der Waals surface area contributed by atoms with Crippen LogP contribution in [0.5, 0.6) is 5.75 Å². The molecule has 3 amide bonds. The predicted octanol–water partition coefficient (Wildman–Crippen LogP) is 1.70. The summed E-state index contributed by atoms with van der Waals surface area (Å²) >= 11 is -1.70. The van der Waals surface area contributed by atoms with Crippen LogP contribution in [0.3, 0.4) is 0 Å². The van der Waals surface area contributed by atoms with Gasteiger partial charge in [-0.25, -0.2) is 0 Å². The van der Waals surface area contributed by atoms with E-state index in [4.69, 9.17) is 9.47 Å². The van der Waals surface area contributed by atoms with Crippen LogP contribution in [0.4, 0.5) is 4.79 Å². The second-order valence-electron chi connectivity index (χ2n) is 12.1. The van der Waals surface area contributed by atoms with Crippen LogP contribution in [0.25, 0.3) is 10.9 Å². The van der Waals surface area contributed by atoms with E-state index in [0.717, 1.165) is 25.9 Å². The number of ether oxygens (including phenoxy) is 2. The van der Waals surface area contributed by atoms with E-state index < -0.39 is 32.5 Å². The molecule has 4 heterocycles. The minimum atomic E-state index is -1.70. The van der Waals surface area contributed by atoms with E-state index in [0.29, 0.717) is 42.2 Å². The van der Waals surface area contributed by atoms with Gasteiger partial charge in [-0.15, -0.1) is 0 Å². The molecular formula is C32H42AsN5O8. The van der Waals surface area contributed by atoms with Gasteiger partial charge in [-0.05, 0) is 0 Å². The average Bonchev–Trinajstić information content (AvgIpc) is 3.45. The molecule has 3 aliphatic rings. The zero-order valence-corrected chi connectivity index (χ0v) is 28.5. The van der Waals surface area contributed by atoms with Gasteiger partial charge < -0.3 is 0 Å². The molecule has 248 valence electrons. The summed E-state index contributed by atoms with van der Waals surface area (Å²) in [5.41, 5.74) is 0.665. The molecule has 0 saturated carbocycles. The molecule has 0 bridgehead atoms. The fourth-order valence-electron chi connectivity index (χ4n) is 6.60. The average molecular weight is 700 g/mol. The molecule has 0 spiro atoms. The van der Waals surface area contributed by atoms with Gasteiger partial charge in [0.2, 0.25) is 0 Å². The van der Waals surface area contributed by atoms with E-state index in [1.807, 2.05) is 17.0 Å². The van der Waals surface area contributed by atoms with Gasteiger partial charge in [0.15, 0.2) is 0 Å². The molecule has 0 aliphatic carbocycles. The second-order valence-corrected chi connectivity index (χ2v) is 15.1. The van der Waals surface area contributed by atoms with Gasteiger partial charge in [-0.3, -0.25) is 0 Å². The molecule has 3 fully saturated rings. The van der Waals surface area contributed by atoms with E-state index in [2.05, 4.69) is 16.9 Å². The van der Waals surface area contributed by atoms with Crippen LogP contribution < -0.4 is 4.74 Å². The first-order valence-electron chi connectivity index (χ1n) is 15.9. The van der Waals surface area contributed by atoms with Crippen molar-refractivity contribution in [2.24, 2.45) is 5.92 Å². The molecular weight excluding hydrogens is 657 g/mol. The van der Waals surface area contributed by atoms with Crippen molar-refractivity contribution in [3.8, 4) is 5.75 Å². The van der Waals surface area contributed by atoms with Crippen molar-refractivity contribution >= 4 is 55.1 Å². The van der Waals surface area contributed by atoms with E-state index in [-0.39, 0.29) is 67.3 Å². The van der Waals surface area contributed by atoms with Crippen molar-refractivity contribution in [1.29, 1.82) is 0 Å². The van der Waals surface area contributed by atoms with Gasteiger partial charge in [0.25, 0.3) is 0 Å². The van der Waals surface area contributed by atoms with E-state index in [1.165, 1.54) is 4.90 Å². The van der Waals surface area contributed by atoms with Crippen molar-refractivity contribution in [3.63, 3.8) is 0 Å². The quantitative estimate of drug-likeness (QED) is 0.344. The number of para-hydroxylation sites is 1. The summed E-state index contributed by atoms with van der Waals surface area (Å²) in [5.74, 6) is -0.573. The Balaban J connectivity index is 1.29. The summed E-state index contributed by atoms with van der Waals surface area (Å²) < 4.78 is 10.1. The monoisotopic (exact) mass is 699 g/mol. The van der Waals surface area contributed by atoms with Gasteiger partial charge in [0, 0.05) is 0 Å². The first-order chi connectivity index (χ1) is 22.1. The molecule has 1 aromatic carbocycles. The molecule has 14 heteroatoms. The van der Waals surface area contributed by atoms with Crippen LogP contribution in [0.15, 0.2) is 30.3 Å². The normalized spacial score (nSPS) is 21.0. The Morgan fingerprint density at radius 1 is 1.04 bits per heavy atom. The number of nitrogens with zero attached hydrogens (tertiary/aromatic N) is 5. The van der Waals surface area contributed by atoms with Crippen LogP contribution >= 0.6 is 0 Å². The standard InChI is InChI=1S/C32H42AsN5O8/c1-3-45-32(44)37-15-13-36(14-16-37)31(43)23(10-11-29(40)41)33-30(42)25-17-27(22-8-4-5-9-24(22)34-25)46-20-28(39)38-12-6-7-21-18-35(2)19-26(21)38/h4-5,8-9,17,21,23,26,33H,3,6-7,10-16,18-20H2,1-2H3,(H,40,41)/t21?,23-,26?/m0/s1. The Hall–Kier alpha value is -3.70. The Morgan fingerprint density at radius 2 is 1.78 bits per heavy atom. The number of amides is 3. The number of hydrogen-bond donors (Lipinski definition) is 1. The summed E-state index contributed by atoms with van der Waals surface area (Å²) in [6.45, 7) is 5.49. The topological polar surface area (TPSA) is 150 Å². The van der Waals surface area contributed by atoms with Crippen molar-refractivity contribution in [1.82, 2.24) is 24.6 Å². The molecule has 3 aliphatic heterocycles. The molecule has 13 nitrogen and oxygen atoms in total. The fraction of sp³-hybridized carbons (Fsp3) is 0.562. The maximum absolute atomic E-state index is 13.7. The SMILES string of the molecule is CCOC(=O)N1CCN(C(=O)[C@H](CCC(=O)O)[AsH]C(=O)c2cc(OCC(=O)N3CCCC4CN(C)CC43)c3ccccc3n2)CC1. The summed E-state index contributed by atoms with van der Waals surface area (Å²) in [6.07, 6.45) is 1.44. The number of fused-ring (bicyclic) bond motifs is 2. The molecule has 3 unspecified atom stereocenters.